The van der Waals surface area contributed by atoms with Crippen molar-refractivity contribution in [1.82, 2.24) is 4.90 Å². The van der Waals surface area contributed by atoms with Crippen molar-refractivity contribution < 1.29 is 19.4 Å². The van der Waals surface area contributed by atoms with Crippen molar-refractivity contribution in [1.29, 1.82) is 15.8 Å². The summed E-state index contributed by atoms with van der Waals surface area (Å²) >= 11 is 0. The lowest BCUT2D eigenvalue weighted by Gasteiger charge is -2.25. The van der Waals surface area contributed by atoms with Crippen molar-refractivity contribution in [3.05, 3.63) is 130 Å². The Balaban J connectivity index is 1.36. The number of hydrogen-bond acceptors (Lipinski definition) is 8. The van der Waals surface area contributed by atoms with E-state index in [9.17, 15) is 25.4 Å². The number of ether oxygens (including phenoxy) is 1. The summed E-state index contributed by atoms with van der Waals surface area (Å²) in [6.45, 7) is 4.93. The summed E-state index contributed by atoms with van der Waals surface area (Å²) in [4.78, 5) is 29.9. The second-order valence-electron chi connectivity index (χ2n) is 13.6. The lowest BCUT2D eigenvalue weighted by molar-refractivity contribution is -0.124. The highest BCUT2D eigenvalue weighted by atomic mass is 16.5. The highest BCUT2D eigenvalue weighted by molar-refractivity contribution is 6.07. The maximum Gasteiger partial charge on any atom is 0.259 e. The SMILES string of the molecule is CCCCCCN(CCCCCCO)c1ccc(/C=C/C2=C(C#N)C(=C(C#N)C#N)N(CCCCOc3ccc(/C=C/C(=O)c4ccccc4)cc3)C2=O)cc1. The van der Waals surface area contributed by atoms with Gasteiger partial charge in [-0.25, -0.2) is 0 Å². The zero-order valence-electron chi connectivity index (χ0n) is 32.3. The molecular weight excluding hydrogens is 699 g/mol. The van der Waals surface area contributed by atoms with Gasteiger partial charge in [0.25, 0.3) is 5.91 Å². The Morgan fingerprint density at radius 3 is 2.05 bits per heavy atom. The number of nitriles is 3. The predicted molar refractivity (Wildman–Crippen MR) is 221 cm³/mol. The summed E-state index contributed by atoms with van der Waals surface area (Å²) in [5.74, 6) is 0.159. The molecule has 1 aliphatic rings. The quantitative estimate of drug-likeness (QED) is 0.0438. The minimum Gasteiger partial charge on any atom is -0.494 e. The molecule has 0 unspecified atom stereocenters. The number of aliphatic hydroxyl groups excluding tert-OH is 1. The smallest absolute Gasteiger partial charge is 0.259 e. The fraction of sp³-hybridized carbons (Fsp3) is 0.340. The van der Waals surface area contributed by atoms with Gasteiger partial charge in [0.15, 0.2) is 11.4 Å². The first-order chi connectivity index (χ1) is 27.4. The summed E-state index contributed by atoms with van der Waals surface area (Å²) in [5, 5.41) is 38.7. The highest BCUT2D eigenvalue weighted by Gasteiger charge is 2.36. The fourth-order valence-corrected chi connectivity index (χ4v) is 6.44. The number of benzene rings is 3. The van der Waals surface area contributed by atoms with Gasteiger partial charge in [-0.3, -0.25) is 9.59 Å². The number of amides is 1. The molecule has 9 heteroatoms. The van der Waals surface area contributed by atoms with Crippen molar-refractivity contribution in [2.75, 3.05) is 37.7 Å². The van der Waals surface area contributed by atoms with Crippen molar-refractivity contribution in [2.45, 2.75) is 71.1 Å². The molecule has 0 saturated heterocycles. The van der Waals surface area contributed by atoms with Crippen LogP contribution in [0.25, 0.3) is 12.2 Å². The fourth-order valence-electron chi connectivity index (χ4n) is 6.44. The summed E-state index contributed by atoms with van der Waals surface area (Å²) < 4.78 is 5.90. The third-order valence-corrected chi connectivity index (χ3v) is 9.55. The Labute approximate surface area is 331 Å². The van der Waals surface area contributed by atoms with E-state index in [4.69, 9.17) is 9.84 Å². The summed E-state index contributed by atoms with van der Waals surface area (Å²) in [6.07, 6.45) is 16.5. The van der Waals surface area contributed by atoms with Crippen LogP contribution in [0.1, 0.15) is 92.6 Å². The number of hydrogen-bond donors (Lipinski definition) is 1. The van der Waals surface area contributed by atoms with E-state index in [-0.39, 0.29) is 41.4 Å². The number of ketones is 1. The molecule has 0 bridgehead atoms. The molecule has 4 rings (SSSR count). The van der Waals surface area contributed by atoms with Crippen LogP contribution >= 0.6 is 0 Å². The lowest BCUT2D eigenvalue weighted by atomic mass is 10.1. The number of carbonyl (C=O) groups excluding carboxylic acids is 2. The van der Waals surface area contributed by atoms with Gasteiger partial charge < -0.3 is 19.6 Å². The van der Waals surface area contributed by atoms with Crippen molar-refractivity contribution in [2.24, 2.45) is 0 Å². The maximum atomic E-state index is 13.7. The molecule has 0 fully saturated rings. The molecule has 0 spiro atoms. The first-order valence-electron chi connectivity index (χ1n) is 19.6. The largest absolute Gasteiger partial charge is 0.494 e. The molecule has 0 saturated carbocycles. The Kier molecular flexibility index (Phi) is 17.9. The third-order valence-electron chi connectivity index (χ3n) is 9.55. The van der Waals surface area contributed by atoms with Gasteiger partial charge in [0.05, 0.1) is 23.5 Å². The molecule has 3 aromatic rings. The van der Waals surface area contributed by atoms with Crippen LogP contribution in [0.2, 0.25) is 0 Å². The van der Waals surface area contributed by atoms with Gasteiger partial charge in [0, 0.05) is 37.5 Å². The molecule has 1 N–H and O–H groups in total. The van der Waals surface area contributed by atoms with Gasteiger partial charge in [0.2, 0.25) is 0 Å². The molecule has 1 amide bonds. The number of anilines is 1. The number of nitrogens with zero attached hydrogens (tertiary/aromatic N) is 5. The van der Waals surface area contributed by atoms with Gasteiger partial charge in [0.1, 0.15) is 24.0 Å². The Morgan fingerprint density at radius 2 is 1.41 bits per heavy atom. The lowest BCUT2D eigenvalue weighted by Crippen LogP contribution is -2.28. The molecule has 3 aromatic carbocycles. The van der Waals surface area contributed by atoms with Crippen LogP contribution < -0.4 is 9.64 Å². The van der Waals surface area contributed by atoms with Crippen LogP contribution in [0, 0.1) is 34.0 Å². The van der Waals surface area contributed by atoms with Crippen molar-refractivity contribution >= 4 is 29.5 Å². The van der Waals surface area contributed by atoms with Gasteiger partial charge in [-0.2, -0.15) is 15.8 Å². The summed E-state index contributed by atoms with van der Waals surface area (Å²) in [6, 6.07) is 30.4. The first kappa shape index (κ1) is 42.5. The van der Waals surface area contributed by atoms with Crippen LogP contribution in [0.15, 0.2) is 113 Å². The number of allylic oxidation sites excluding steroid dienone is 3. The summed E-state index contributed by atoms with van der Waals surface area (Å²) in [7, 11) is 0. The molecule has 0 aromatic heterocycles. The minimum absolute atomic E-state index is 0.0104. The van der Waals surface area contributed by atoms with Gasteiger partial charge in [-0.05, 0) is 79.6 Å². The third kappa shape index (κ3) is 12.7. The maximum absolute atomic E-state index is 13.7. The molecule has 56 heavy (non-hydrogen) atoms. The average Bonchev–Trinajstić information content (AvgIpc) is 3.50. The van der Waals surface area contributed by atoms with E-state index in [1.165, 1.54) is 30.2 Å². The van der Waals surface area contributed by atoms with Crippen LogP contribution in [0.4, 0.5) is 5.69 Å². The van der Waals surface area contributed by atoms with Crippen LogP contribution in [0.3, 0.4) is 0 Å². The number of unbranched alkanes of at least 4 members (excludes halogenated alkanes) is 7. The van der Waals surface area contributed by atoms with Crippen LogP contribution in [-0.4, -0.2) is 54.5 Å². The minimum atomic E-state index is -0.429. The molecule has 288 valence electrons. The predicted octanol–water partition coefficient (Wildman–Crippen LogP) is 9.36. The molecule has 1 aliphatic heterocycles. The second-order valence-corrected chi connectivity index (χ2v) is 13.6. The van der Waals surface area contributed by atoms with E-state index in [0.717, 1.165) is 62.0 Å². The molecular formula is C47H51N5O4. The van der Waals surface area contributed by atoms with Crippen molar-refractivity contribution in [3.8, 4) is 24.0 Å². The van der Waals surface area contributed by atoms with E-state index in [2.05, 4.69) is 30.0 Å². The zero-order chi connectivity index (χ0) is 40.0. The number of aliphatic hydroxyl groups is 1. The molecule has 0 radical (unpaired) electrons. The highest BCUT2D eigenvalue weighted by Crippen LogP contribution is 2.33. The molecule has 0 aliphatic carbocycles. The molecule has 9 nitrogen and oxygen atoms in total. The first-order valence-corrected chi connectivity index (χ1v) is 19.6. The molecule has 0 atom stereocenters. The Hall–Kier alpha value is -6.21. The normalized spacial score (nSPS) is 12.6. The van der Waals surface area contributed by atoms with E-state index in [0.29, 0.717) is 30.8 Å². The average molecular weight is 750 g/mol. The Bertz CT molecular complexity index is 1980. The Morgan fingerprint density at radius 1 is 0.768 bits per heavy atom. The van der Waals surface area contributed by atoms with Gasteiger partial charge in [-0.15, -0.1) is 0 Å². The van der Waals surface area contributed by atoms with Crippen LogP contribution in [-0.2, 0) is 4.79 Å². The topological polar surface area (TPSA) is 141 Å². The molecule has 1 heterocycles. The zero-order valence-corrected chi connectivity index (χ0v) is 32.3. The van der Waals surface area contributed by atoms with Gasteiger partial charge >= 0.3 is 0 Å². The van der Waals surface area contributed by atoms with E-state index < -0.39 is 5.91 Å². The van der Waals surface area contributed by atoms with E-state index in [1.54, 1.807) is 30.4 Å². The van der Waals surface area contributed by atoms with Gasteiger partial charge in [-0.1, -0.05) is 106 Å². The number of carbonyl (C=O) groups is 2. The number of rotatable bonds is 23. The standard InChI is InChI=1S/C47H51N5O4/c1-2-3-4-10-29-51(30-11-5-6-13-32-53)41-23-17-37(18-24-41)21-27-43-44(36-50)46(40(34-48)35-49)52(47(43)55)31-12-14-33-56-42-25-19-38(20-26-42)22-28-45(54)39-15-8-7-9-16-39/h7-9,15-28,53H,2-6,10-14,29-33H2,1H3/b27-21+,28-22+. The van der Waals surface area contributed by atoms with Crippen LogP contribution in [0.5, 0.6) is 5.75 Å². The summed E-state index contributed by atoms with van der Waals surface area (Å²) in [5.41, 5.74) is 3.39. The van der Waals surface area contributed by atoms with Crippen molar-refractivity contribution in [3.63, 3.8) is 0 Å². The second kappa shape index (κ2) is 23.5. The van der Waals surface area contributed by atoms with E-state index >= 15 is 0 Å². The van der Waals surface area contributed by atoms with E-state index in [1.807, 2.05) is 66.7 Å². The monoisotopic (exact) mass is 749 g/mol.